The van der Waals surface area contributed by atoms with E-state index in [1.165, 1.54) is 11.5 Å². The molecule has 6 heteroatoms. The second-order valence-corrected chi connectivity index (χ2v) is 4.38. The molecule has 2 fully saturated rings. The van der Waals surface area contributed by atoms with E-state index in [0.717, 1.165) is 5.69 Å². The second-order valence-electron chi connectivity index (χ2n) is 4.38. The van der Waals surface area contributed by atoms with Crippen molar-refractivity contribution in [3.05, 3.63) is 30.9 Å². The normalized spacial score (nSPS) is 23.6. The molecule has 1 atom stereocenters. The third-order valence-electron chi connectivity index (χ3n) is 3.20. The molecular weight excluding hydrogens is 251 g/mol. The molecule has 2 heterocycles. The molecule has 101 valence electrons. The maximum atomic E-state index is 13.8. The van der Waals surface area contributed by atoms with Gasteiger partial charge in [0.05, 0.1) is 19.8 Å². The predicted octanol–water partition coefficient (Wildman–Crippen LogP) is 1.94. The summed E-state index contributed by atoms with van der Waals surface area (Å²) in [5.41, 5.74) is 1.45. The van der Waals surface area contributed by atoms with Gasteiger partial charge in [0.25, 0.3) is 0 Å². The van der Waals surface area contributed by atoms with Gasteiger partial charge in [-0.2, -0.15) is 0 Å². The van der Waals surface area contributed by atoms with Crippen LogP contribution in [0.3, 0.4) is 0 Å². The minimum Gasteiger partial charge on any atom is -0.440 e. The number of carbonyl (C=O) groups excluding carboxylic acids is 1. The van der Waals surface area contributed by atoms with Gasteiger partial charge in [-0.3, -0.25) is 4.90 Å². The lowest BCUT2D eigenvalue weighted by Gasteiger charge is -2.32. The zero-order valence-electron chi connectivity index (χ0n) is 10.3. The predicted molar refractivity (Wildman–Crippen MR) is 67.6 cm³/mol. The summed E-state index contributed by atoms with van der Waals surface area (Å²) >= 11 is 0. The van der Waals surface area contributed by atoms with Crippen LogP contribution in [0.25, 0.3) is 0 Å². The van der Waals surface area contributed by atoms with E-state index in [1.54, 1.807) is 23.1 Å². The van der Waals surface area contributed by atoms with Crippen molar-refractivity contribution in [2.75, 3.05) is 36.1 Å². The van der Waals surface area contributed by atoms with Gasteiger partial charge >= 0.3 is 6.09 Å². The highest BCUT2D eigenvalue weighted by molar-refractivity contribution is 5.90. The maximum Gasteiger partial charge on any atom is 0.414 e. The number of benzene rings is 1. The van der Waals surface area contributed by atoms with Crippen LogP contribution in [0.5, 0.6) is 0 Å². The first-order chi connectivity index (χ1) is 9.25. The summed E-state index contributed by atoms with van der Waals surface area (Å²) < 4.78 is 23.7. The standard InChI is InChI=1S/C13H14FN2O3/c14-12-9-18-6-4-15(12)10-2-1-3-11(8-10)16-5-7-19-13(16)17/h1-3,7-8,12H,4-6,9H2. The molecule has 1 amide bonds. The summed E-state index contributed by atoms with van der Waals surface area (Å²) in [5.74, 6) is 0. The van der Waals surface area contributed by atoms with Gasteiger partial charge in [0.1, 0.15) is 0 Å². The van der Waals surface area contributed by atoms with E-state index in [4.69, 9.17) is 9.47 Å². The molecule has 0 N–H and O–H groups in total. The third kappa shape index (κ3) is 2.35. The Bertz CT molecular complexity index is 483. The Morgan fingerprint density at radius 3 is 2.89 bits per heavy atom. The topological polar surface area (TPSA) is 42.0 Å². The summed E-state index contributed by atoms with van der Waals surface area (Å²) in [6, 6.07) is 7.22. The summed E-state index contributed by atoms with van der Waals surface area (Å²) in [6.45, 7) is 2.93. The minimum absolute atomic E-state index is 0.0732. The minimum atomic E-state index is -1.15. The maximum absolute atomic E-state index is 13.8. The monoisotopic (exact) mass is 265 g/mol. The molecule has 0 aliphatic carbocycles. The summed E-state index contributed by atoms with van der Waals surface area (Å²) in [4.78, 5) is 14.6. The number of morpholine rings is 1. The average molecular weight is 265 g/mol. The van der Waals surface area contributed by atoms with Crippen molar-refractivity contribution in [1.82, 2.24) is 0 Å². The fourth-order valence-corrected chi connectivity index (χ4v) is 2.24. The van der Waals surface area contributed by atoms with Gasteiger partial charge in [-0.25, -0.2) is 9.18 Å². The molecule has 1 radical (unpaired) electrons. The van der Waals surface area contributed by atoms with Gasteiger partial charge in [-0.05, 0) is 18.2 Å². The lowest BCUT2D eigenvalue weighted by molar-refractivity contribution is 0.0497. The average Bonchev–Trinajstić information content (AvgIpc) is 2.86. The number of alkyl halides is 1. The van der Waals surface area contributed by atoms with E-state index in [9.17, 15) is 9.18 Å². The molecule has 2 aliphatic rings. The number of anilines is 2. The summed E-state index contributed by atoms with van der Waals surface area (Å²) in [5, 5.41) is 0. The van der Waals surface area contributed by atoms with Crippen LogP contribution in [0.4, 0.5) is 20.6 Å². The number of amides is 1. The molecule has 19 heavy (non-hydrogen) atoms. The highest BCUT2D eigenvalue weighted by Gasteiger charge is 2.26. The van der Waals surface area contributed by atoms with Crippen molar-refractivity contribution < 1.29 is 18.7 Å². The second kappa shape index (κ2) is 5.05. The van der Waals surface area contributed by atoms with Gasteiger partial charge < -0.3 is 14.4 Å². The van der Waals surface area contributed by atoms with Crippen molar-refractivity contribution in [2.45, 2.75) is 6.30 Å². The van der Waals surface area contributed by atoms with Crippen LogP contribution < -0.4 is 9.80 Å². The van der Waals surface area contributed by atoms with Gasteiger partial charge in [0, 0.05) is 17.9 Å². The molecule has 2 saturated heterocycles. The van der Waals surface area contributed by atoms with Crippen LogP contribution >= 0.6 is 0 Å². The number of hydrogen-bond acceptors (Lipinski definition) is 4. The largest absolute Gasteiger partial charge is 0.440 e. The van der Waals surface area contributed by atoms with Crippen LogP contribution in [0.1, 0.15) is 0 Å². The Morgan fingerprint density at radius 2 is 2.16 bits per heavy atom. The fraction of sp³-hybridized carbons (Fsp3) is 0.385. The van der Waals surface area contributed by atoms with Crippen molar-refractivity contribution in [2.24, 2.45) is 0 Å². The van der Waals surface area contributed by atoms with E-state index in [0.29, 0.717) is 25.4 Å². The number of carbonyl (C=O) groups is 1. The van der Waals surface area contributed by atoms with Crippen molar-refractivity contribution >= 4 is 17.5 Å². The van der Waals surface area contributed by atoms with E-state index < -0.39 is 12.4 Å². The summed E-state index contributed by atoms with van der Waals surface area (Å²) in [6.07, 6.45) is -1.56. The molecule has 0 spiro atoms. The molecule has 5 nitrogen and oxygen atoms in total. The number of hydrogen-bond donors (Lipinski definition) is 0. The zero-order chi connectivity index (χ0) is 13.2. The van der Waals surface area contributed by atoms with E-state index >= 15 is 0 Å². The number of cyclic esters (lactones) is 1. The Morgan fingerprint density at radius 1 is 1.32 bits per heavy atom. The molecule has 1 aromatic carbocycles. The fourth-order valence-electron chi connectivity index (χ4n) is 2.24. The van der Waals surface area contributed by atoms with Crippen LogP contribution in [-0.4, -0.2) is 38.7 Å². The molecule has 1 aromatic rings. The van der Waals surface area contributed by atoms with Gasteiger partial charge in [-0.15, -0.1) is 0 Å². The van der Waals surface area contributed by atoms with Crippen molar-refractivity contribution in [3.63, 3.8) is 0 Å². The number of rotatable bonds is 2. The van der Waals surface area contributed by atoms with Crippen LogP contribution in [0.2, 0.25) is 0 Å². The Hall–Kier alpha value is -1.82. The van der Waals surface area contributed by atoms with E-state index in [1.807, 2.05) is 6.07 Å². The highest BCUT2D eigenvalue weighted by Crippen LogP contribution is 2.27. The van der Waals surface area contributed by atoms with Crippen molar-refractivity contribution in [1.29, 1.82) is 0 Å². The number of ether oxygens (including phenoxy) is 2. The lowest BCUT2D eigenvalue weighted by Crippen LogP contribution is -2.42. The van der Waals surface area contributed by atoms with Gasteiger partial charge in [0.2, 0.25) is 0 Å². The number of nitrogens with zero attached hydrogens (tertiary/aromatic N) is 2. The van der Waals surface area contributed by atoms with Crippen LogP contribution in [-0.2, 0) is 9.47 Å². The molecule has 0 saturated carbocycles. The molecule has 3 rings (SSSR count). The van der Waals surface area contributed by atoms with Gasteiger partial charge in [0.15, 0.2) is 12.9 Å². The molecular formula is C13H14FN2O3. The quantitative estimate of drug-likeness (QED) is 0.766. The first-order valence-corrected chi connectivity index (χ1v) is 6.14. The smallest absolute Gasteiger partial charge is 0.414 e. The van der Waals surface area contributed by atoms with Crippen LogP contribution in [0.15, 0.2) is 24.3 Å². The molecule has 2 aliphatic heterocycles. The number of halogens is 1. The molecule has 0 aromatic heterocycles. The summed E-state index contributed by atoms with van der Waals surface area (Å²) in [7, 11) is 0. The Labute approximate surface area is 110 Å². The SMILES string of the molecule is O=C1O[CH]CN1c1cccc(N2CCOCC2F)c1. The van der Waals surface area contributed by atoms with Gasteiger partial charge in [-0.1, -0.05) is 6.07 Å². The third-order valence-corrected chi connectivity index (χ3v) is 3.20. The van der Waals surface area contributed by atoms with E-state index in [2.05, 4.69) is 0 Å². The lowest BCUT2D eigenvalue weighted by atomic mass is 10.2. The molecule has 1 unspecified atom stereocenters. The Kier molecular flexibility index (Phi) is 3.25. The first-order valence-electron chi connectivity index (χ1n) is 6.14. The first kappa shape index (κ1) is 12.2. The van der Waals surface area contributed by atoms with Crippen molar-refractivity contribution in [3.8, 4) is 0 Å². The Balaban J connectivity index is 1.85. The van der Waals surface area contributed by atoms with Crippen LogP contribution in [0, 0.1) is 6.61 Å². The molecule has 0 bridgehead atoms. The van der Waals surface area contributed by atoms with E-state index in [-0.39, 0.29) is 6.61 Å². The zero-order valence-corrected chi connectivity index (χ0v) is 10.3. The highest BCUT2D eigenvalue weighted by atomic mass is 19.1.